The average molecular weight is 319 g/mol. The maximum Gasteiger partial charge on any atom is 0.280 e. The summed E-state index contributed by atoms with van der Waals surface area (Å²) in [6, 6.07) is 3.77. The van der Waals surface area contributed by atoms with Crippen molar-refractivity contribution in [3.05, 3.63) is 17.0 Å². The molecule has 1 saturated heterocycles. The van der Waals surface area contributed by atoms with Gasteiger partial charge in [0.25, 0.3) is 5.91 Å². The van der Waals surface area contributed by atoms with Gasteiger partial charge in [-0.1, -0.05) is 0 Å². The lowest BCUT2D eigenvalue weighted by molar-refractivity contribution is -0.895. The minimum absolute atomic E-state index is 0.0732. The Balaban J connectivity index is 1.45. The molecule has 2 fully saturated rings. The molecule has 0 atom stereocenters. The zero-order valence-electron chi connectivity index (χ0n) is 12.3. The predicted molar refractivity (Wildman–Crippen MR) is 82.5 cm³/mol. The van der Waals surface area contributed by atoms with Crippen molar-refractivity contribution < 1.29 is 14.5 Å². The molecule has 1 aromatic rings. The molecule has 1 saturated carbocycles. The van der Waals surface area contributed by atoms with Crippen molar-refractivity contribution in [2.24, 2.45) is 5.92 Å². The van der Waals surface area contributed by atoms with Crippen molar-refractivity contribution >= 4 is 28.2 Å². The summed E-state index contributed by atoms with van der Waals surface area (Å²) in [5, 5.41) is 14.2. The summed E-state index contributed by atoms with van der Waals surface area (Å²) in [5.41, 5.74) is 0.508. The molecule has 1 aliphatic carbocycles. The Kier molecular flexibility index (Phi) is 4.41. The smallest absolute Gasteiger partial charge is 0.280 e. The van der Waals surface area contributed by atoms with Crippen LogP contribution < -0.4 is 10.2 Å². The molecular weight excluding hydrogens is 300 g/mol. The van der Waals surface area contributed by atoms with Gasteiger partial charge in [-0.3, -0.25) is 9.59 Å². The topological polar surface area (TPSA) is 77.6 Å². The third-order valence-corrected chi connectivity index (χ3v) is 4.99. The van der Waals surface area contributed by atoms with Crippen molar-refractivity contribution in [1.29, 1.82) is 5.26 Å². The Morgan fingerprint density at radius 3 is 2.77 bits per heavy atom. The maximum absolute atomic E-state index is 12.1. The minimum atomic E-state index is -0.0732. The zero-order chi connectivity index (χ0) is 15.5. The van der Waals surface area contributed by atoms with E-state index < -0.39 is 0 Å². The monoisotopic (exact) mass is 319 g/mol. The third-order valence-electron chi connectivity index (χ3n) is 4.16. The van der Waals surface area contributed by atoms with E-state index in [1.165, 1.54) is 16.2 Å². The summed E-state index contributed by atoms with van der Waals surface area (Å²) >= 11 is 1.36. The summed E-state index contributed by atoms with van der Waals surface area (Å²) in [6.45, 7) is 3.47. The molecule has 2 amide bonds. The molecule has 2 N–H and O–H groups in total. The molecule has 3 rings (SSSR count). The Bertz CT molecular complexity index is 609. The number of nitrogens with zero attached hydrogens (tertiary/aromatic N) is 2. The number of quaternary nitrogens is 1. The van der Waals surface area contributed by atoms with E-state index in [-0.39, 0.29) is 11.8 Å². The number of rotatable bonds is 4. The van der Waals surface area contributed by atoms with Gasteiger partial charge in [0, 0.05) is 5.92 Å². The normalized spacial score (nSPS) is 18.8. The van der Waals surface area contributed by atoms with Crippen LogP contribution in [-0.4, -0.2) is 49.4 Å². The lowest BCUT2D eigenvalue weighted by Gasteiger charge is -2.32. The number of carbonyl (C=O) groups excluding carboxylic acids is 2. The number of hydrogen-bond donors (Lipinski definition) is 2. The Labute approximate surface area is 133 Å². The molecule has 0 radical (unpaired) electrons. The van der Waals surface area contributed by atoms with Crippen LogP contribution in [0.3, 0.4) is 0 Å². The molecule has 22 heavy (non-hydrogen) atoms. The van der Waals surface area contributed by atoms with Gasteiger partial charge in [0.2, 0.25) is 5.91 Å². The molecule has 6 nitrogen and oxygen atoms in total. The van der Waals surface area contributed by atoms with E-state index in [0.717, 1.165) is 39.0 Å². The lowest BCUT2D eigenvalue weighted by atomic mass is 10.2. The van der Waals surface area contributed by atoms with Crippen LogP contribution in [0.5, 0.6) is 0 Å². The van der Waals surface area contributed by atoms with Crippen molar-refractivity contribution in [3.63, 3.8) is 0 Å². The van der Waals surface area contributed by atoms with Crippen LogP contribution in [0.15, 0.2) is 11.4 Å². The fraction of sp³-hybridized carbons (Fsp3) is 0.533. The molecule has 2 heterocycles. The van der Waals surface area contributed by atoms with E-state index in [9.17, 15) is 9.59 Å². The Hall–Kier alpha value is -1.91. The molecule has 0 unspecified atom stereocenters. The molecule has 116 valence electrons. The molecule has 0 spiro atoms. The molecule has 1 aromatic heterocycles. The summed E-state index contributed by atoms with van der Waals surface area (Å²) in [7, 11) is 0. The fourth-order valence-electron chi connectivity index (χ4n) is 2.70. The van der Waals surface area contributed by atoms with E-state index in [4.69, 9.17) is 5.26 Å². The van der Waals surface area contributed by atoms with Crippen LogP contribution in [0.25, 0.3) is 0 Å². The van der Waals surface area contributed by atoms with E-state index in [1.54, 1.807) is 11.4 Å². The van der Waals surface area contributed by atoms with Crippen LogP contribution in [0, 0.1) is 17.2 Å². The van der Waals surface area contributed by atoms with E-state index >= 15 is 0 Å². The average Bonchev–Trinajstić information content (AvgIpc) is 3.28. The zero-order valence-corrected chi connectivity index (χ0v) is 13.1. The third kappa shape index (κ3) is 3.46. The van der Waals surface area contributed by atoms with Crippen molar-refractivity contribution in [3.8, 4) is 6.07 Å². The van der Waals surface area contributed by atoms with Gasteiger partial charge in [-0.25, -0.2) is 0 Å². The van der Waals surface area contributed by atoms with Crippen molar-refractivity contribution in [2.45, 2.75) is 12.8 Å². The molecule has 0 bridgehead atoms. The maximum atomic E-state index is 12.1. The van der Waals surface area contributed by atoms with Gasteiger partial charge in [-0.2, -0.15) is 5.26 Å². The number of amides is 2. The number of thiophene rings is 1. The van der Waals surface area contributed by atoms with E-state index in [0.29, 0.717) is 23.0 Å². The number of hydrogen-bond acceptors (Lipinski definition) is 4. The standard InChI is InChI=1S/C15H18N4O2S/c16-9-12-3-8-22-14(12)17-13(20)10-18-4-6-19(7-5-18)15(21)11-1-2-11/h3,8,11H,1-2,4-7,10H2,(H,17,20)/p+1. The number of anilines is 1. The van der Waals surface area contributed by atoms with Crippen LogP contribution in [0.2, 0.25) is 0 Å². The Morgan fingerprint density at radius 1 is 1.41 bits per heavy atom. The number of nitrogens with one attached hydrogen (secondary N) is 2. The fourth-order valence-corrected chi connectivity index (χ4v) is 3.45. The van der Waals surface area contributed by atoms with Crippen molar-refractivity contribution in [1.82, 2.24) is 4.90 Å². The van der Waals surface area contributed by atoms with Gasteiger partial charge in [0.1, 0.15) is 11.1 Å². The summed E-state index contributed by atoms with van der Waals surface area (Å²) in [6.07, 6.45) is 2.08. The molecule has 7 heteroatoms. The second-order valence-corrected chi connectivity index (χ2v) is 6.77. The largest absolute Gasteiger partial charge is 0.331 e. The van der Waals surface area contributed by atoms with Crippen LogP contribution in [-0.2, 0) is 9.59 Å². The predicted octanol–water partition coefficient (Wildman–Crippen LogP) is -0.305. The quantitative estimate of drug-likeness (QED) is 0.799. The van der Waals surface area contributed by atoms with Crippen LogP contribution in [0.4, 0.5) is 5.00 Å². The first-order chi connectivity index (χ1) is 10.7. The molecular formula is C15H19N4O2S+. The Morgan fingerprint density at radius 2 is 2.14 bits per heavy atom. The SMILES string of the molecule is N#Cc1ccsc1NC(=O)C[NH+]1CCN(C(=O)C2CC2)CC1. The number of carbonyl (C=O) groups is 2. The molecule has 1 aliphatic heterocycles. The molecule has 0 aromatic carbocycles. The van der Waals surface area contributed by atoms with Gasteiger partial charge < -0.3 is 15.1 Å². The highest BCUT2D eigenvalue weighted by molar-refractivity contribution is 7.14. The number of piperazine rings is 1. The molecule has 2 aliphatic rings. The second-order valence-electron chi connectivity index (χ2n) is 5.85. The first kappa shape index (κ1) is 15.0. The summed E-state index contributed by atoms with van der Waals surface area (Å²) < 4.78 is 0. The van der Waals surface area contributed by atoms with Gasteiger partial charge in [0.15, 0.2) is 6.54 Å². The first-order valence-electron chi connectivity index (χ1n) is 7.57. The van der Waals surface area contributed by atoms with Crippen molar-refractivity contribution in [2.75, 3.05) is 38.0 Å². The van der Waals surface area contributed by atoms with Gasteiger partial charge in [0.05, 0.1) is 31.7 Å². The minimum Gasteiger partial charge on any atom is -0.331 e. The first-order valence-corrected chi connectivity index (χ1v) is 8.45. The van der Waals surface area contributed by atoms with E-state index in [1.807, 2.05) is 4.90 Å². The summed E-state index contributed by atoms with van der Waals surface area (Å²) in [4.78, 5) is 27.2. The van der Waals surface area contributed by atoms with Gasteiger partial charge in [-0.15, -0.1) is 11.3 Å². The van der Waals surface area contributed by atoms with Gasteiger partial charge in [-0.05, 0) is 24.3 Å². The van der Waals surface area contributed by atoms with E-state index in [2.05, 4.69) is 11.4 Å². The second kappa shape index (κ2) is 6.46. The van der Waals surface area contributed by atoms with Crippen LogP contribution >= 0.6 is 11.3 Å². The summed E-state index contributed by atoms with van der Waals surface area (Å²) in [5.74, 6) is 0.491. The highest BCUT2D eigenvalue weighted by Crippen LogP contribution is 2.30. The highest BCUT2D eigenvalue weighted by atomic mass is 32.1. The highest BCUT2D eigenvalue weighted by Gasteiger charge is 2.35. The van der Waals surface area contributed by atoms with Crippen LogP contribution in [0.1, 0.15) is 18.4 Å². The van der Waals surface area contributed by atoms with Gasteiger partial charge >= 0.3 is 0 Å². The number of nitriles is 1. The lowest BCUT2D eigenvalue weighted by Crippen LogP contribution is -3.15.